The van der Waals surface area contributed by atoms with Crippen molar-refractivity contribution in [1.82, 2.24) is 20.4 Å². The summed E-state index contributed by atoms with van der Waals surface area (Å²) in [5.74, 6) is 0.726. The second kappa shape index (κ2) is 13.2. The highest BCUT2D eigenvalue weighted by molar-refractivity contribution is 14.0. The first-order valence-corrected chi connectivity index (χ1v) is 11.2. The zero-order valence-corrected chi connectivity index (χ0v) is 21.3. The summed E-state index contributed by atoms with van der Waals surface area (Å²) in [5, 5.41) is 7.00. The van der Waals surface area contributed by atoms with Crippen LogP contribution in [0.4, 0.5) is 0 Å². The van der Waals surface area contributed by atoms with E-state index >= 15 is 0 Å². The maximum atomic E-state index is 12.1. The van der Waals surface area contributed by atoms with Crippen molar-refractivity contribution >= 4 is 35.8 Å². The molecule has 3 rings (SSSR count). The Morgan fingerprint density at radius 1 is 1.13 bits per heavy atom. The average molecular weight is 543 g/mol. The molecule has 1 amide bonds. The lowest BCUT2D eigenvalue weighted by atomic mass is 9.79. The van der Waals surface area contributed by atoms with Gasteiger partial charge in [0.2, 0.25) is 5.91 Å². The Morgan fingerprint density at radius 2 is 1.81 bits per heavy atom. The summed E-state index contributed by atoms with van der Waals surface area (Å²) < 4.78 is 5.42. The molecule has 0 unspecified atom stereocenters. The standard InChI is InChI=1S/C23H37N5O2.HI/c1-27(2)21(29)18-25-22(24-12-13-28-14-16-30-17-15-28)26-19-23(10-6-7-11-23)20-8-4-3-5-9-20;/h3-5,8-9H,6-7,10-19H2,1-2H3,(H2,24,25,26);1H. The van der Waals surface area contributed by atoms with Gasteiger partial charge in [0.15, 0.2) is 5.96 Å². The molecule has 31 heavy (non-hydrogen) atoms. The normalized spacial score (nSPS) is 18.8. The summed E-state index contributed by atoms with van der Waals surface area (Å²) in [7, 11) is 3.53. The lowest BCUT2D eigenvalue weighted by Gasteiger charge is -2.31. The predicted octanol–water partition coefficient (Wildman–Crippen LogP) is 2.07. The third-order valence-corrected chi connectivity index (χ3v) is 6.24. The highest BCUT2D eigenvalue weighted by atomic mass is 127. The molecule has 0 bridgehead atoms. The van der Waals surface area contributed by atoms with E-state index in [1.807, 2.05) is 0 Å². The quantitative estimate of drug-likeness (QED) is 0.299. The molecule has 2 fully saturated rings. The number of carbonyl (C=O) groups excluding carboxylic acids is 1. The summed E-state index contributed by atoms with van der Waals surface area (Å²) in [6.45, 7) is 6.26. The van der Waals surface area contributed by atoms with Gasteiger partial charge in [-0.3, -0.25) is 9.69 Å². The molecule has 1 aromatic rings. The van der Waals surface area contributed by atoms with Crippen LogP contribution in [0.2, 0.25) is 0 Å². The summed E-state index contributed by atoms with van der Waals surface area (Å²) in [4.78, 5) is 20.6. The van der Waals surface area contributed by atoms with Crippen molar-refractivity contribution in [1.29, 1.82) is 0 Å². The minimum atomic E-state index is 0. The third-order valence-electron chi connectivity index (χ3n) is 6.24. The number of rotatable bonds is 8. The second-order valence-corrected chi connectivity index (χ2v) is 8.54. The Morgan fingerprint density at radius 3 is 2.45 bits per heavy atom. The van der Waals surface area contributed by atoms with E-state index in [4.69, 9.17) is 4.74 Å². The predicted molar refractivity (Wildman–Crippen MR) is 136 cm³/mol. The SMILES string of the molecule is CN(C)C(=O)CN=C(NCCN1CCOCC1)NCC1(c2ccccc2)CCCC1.I. The minimum Gasteiger partial charge on any atom is -0.379 e. The highest BCUT2D eigenvalue weighted by Crippen LogP contribution is 2.40. The molecule has 7 nitrogen and oxygen atoms in total. The Labute approximate surface area is 204 Å². The Bertz CT molecular complexity index is 686. The number of amides is 1. The molecule has 2 N–H and O–H groups in total. The number of morpholine rings is 1. The first kappa shape index (κ1) is 25.9. The van der Waals surface area contributed by atoms with E-state index in [0.29, 0.717) is 0 Å². The van der Waals surface area contributed by atoms with Gasteiger partial charge in [-0.05, 0) is 18.4 Å². The van der Waals surface area contributed by atoms with Crippen molar-refractivity contribution < 1.29 is 9.53 Å². The smallest absolute Gasteiger partial charge is 0.243 e. The number of halogens is 1. The van der Waals surface area contributed by atoms with Gasteiger partial charge < -0.3 is 20.3 Å². The van der Waals surface area contributed by atoms with Crippen LogP contribution in [0.15, 0.2) is 35.3 Å². The van der Waals surface area contributed by atoms with Crippen LogP contribution < -0.4 is 10.6 Å². The second-order valence-electron chi connectivity index (χ2n) is 8.54. The van der Waals surface area contributed by atoms with E-state index in [9.17, 15) is 4.79 Å². The van der Waals surface area contributed by atoms with E-state index in [-0.39, 0.29) is 41.8 Å². The van der Waals surface area contributed by atoms with Gasteiger partial charge in [0.1, 0.15) is 6.54 Å². The minimum absolute atomic E-state index is 0. The fourth-order valence-corrected chi connectivity index (χ4v) is 4.28. The van der Waals surface area contributed by atoms with Crippen LogP contribution in [0.1, 0.15) is 31.2 Å². The van der Waals surface area contributed by atoms with Gasteiger partial charge in [-0.1, -0.05) is 43.2 Å². The number of ether oxygens (including phenoxy) is 1. The van der Waals surface area contributed by atoms with Crippen molar-refractivity contribution in [2.24, 2.45) is 4.99 Å². The van der Waals surface area contributed by atoms with Crippen molar-refractivity contribution in [2.75, 3.05) is 66.6 Å². The molecule has 1 saturated heterocycles. The van der Waals surface area contributed by atoms with Gasteiger partial charge in [-0.25, -0.2) is 4.99 Å². The first-order valence-electron chi connectivity index (χ1n) is 11.2. The number of guanidine groups is 1. The molecule has 0 atom stereocenters. The van der Waals surface area contributed by atoms with Gasteiger partial charge in [0, 0.05) is 52.2 Å². The van der Waals surface area contributed by atoms with Crippen LogP contribution in [0, 0.1) is 0 Å². The van der Waals surface area contributed by atoms with Crippen LogP contribution in [0.5, 0.6) is 0 Å². The van der Waals surface area contributed by atoms with Crippen LogP contribution in [-0.4, -0.2) is 88.2 Å². The molecule has 0 aromatic heterocycles. The average Bonchev–Trinajstić information content (AvgIpc) is 3.26. The summed E-state index contributed by atoms with van der Waals surface area (Å²) in [5.41, 5.74) is 1.53. The molecule has 0 spiro atoms. The third kappa shape index (κ3) is 7.91. The van der Waals surface area contributed by atoms with Crippen molar-refractivity contribution in [3.8, 4) is 0 Å². The van der Waals surface area contributed by atoms with E-state index in [2.05, 4.69) is 50.9 Å². The van der Waals surface area contributed by atoms with Crippen molar-refractivity contribution in [2.45, 2.75) is 31.1 Å². The highest BCUT2D eigenvalue weighted by Gasteiger charge is 2.35. The lowest BCUT2D eigenvalue weighted by molar-refractivity contribution is -0.127. The zero-order chi connectivity index (χ0) is 21.2. The number of hydrogen-bond acceptors (Lipinski definition) is 4. The Balaban J connectivity index is 0.00000341. The largest absolute Gasteiger partial charge is 0.379 e. The summed E-state index contributed by atoms with van der Waals surface area (Å²) >= 11 is 0. The van der Waals surface area contributed by atoms with E-state index < -0.39 is 0 Å². The number of carbonyl (C=O) groups is 1. The lowest BCUT2D eigenvalue weighted by Crippen LogP contribution is -2.48. The maximum Gasteiger partial charge on any atom is 0.243 e. The molecule has 174 valence electrons. The molecule has 0 radical (unpaired) electrons. The number of benzene rings is 1. The van der Waals surface area contributed by atoms with Gasteiger partial charge in [-0.2, -0.15) is 0 Å². The van der Waals surface area contributed by atoms with Crippen LogP contribution >= 0.6 is 24.0 Å². The van der Waals surface area contributed by atoms with Crippen LogP contribution in [-0.2, 0) is 14.9 Å². The molecular weight excluding hydrogens is 505 g/mol. The monoisotopic (exact) mass is 543 g/mol. The van der Waals surface area contributed by atoms with Gasteiger partial charge in [0.05, 0.1) is 13.2 Å². The van der Waals surface area contributed by atoms with Gasteiger partial charge in [0.25, 0.3) is 0 Å². The molecule has 1 heterocycles. The topological polar surface area (TPSA) is 69.2 Å². The molecule has 2 aliphatic rings. The van der Waals surface area contributed by atoms with Crippen molar-refractivity contribution in [3.63, 3.8) is 0 Å². The number of likely N-dealkylation sites (N-methyl/N-ethyl adjacent to an activating group) is 1. The molecule has 1 aliphatic carbocycles. The summed E-state index contributed by atoms with van der Waals surface area (Å²) in [6.07, 6.45) is 4.88. The van der Waals surface area contributed by atoms with Crippen LogP contribution in [0.3, 0.4) is 0 Å². The van der Waals surface area contributed by atoms with Crippen molar-refractivity contribution in [3.05, 3.63) is 35.9 Å². The number of nitrogens with one attached hydrogen (secondary N) is 2. The Hall–Kier alpha value is -1.39. The number of aliphatic imine (C=N–C) groups is 1. The Kier molecular flexibility index (Phi) is 11.0. The van der Waals surface area contributed by atoms with E-state index in [0.717, 1.165) is 51.9 Å². The fraction of sp³-hybridized carbons (Fsp3) is 0.652. The van der Waals surface area contributed by atoms with E-state index in [1.54, 1.807) is 19.0 Å². The van der Waals surface area contributed by atoms with Gasteiger partial charge in [-0.15, -0.1) is 24.0 Å². The summed E-state index contributed by atoms with van der Waals surface area (Å²) in [6, 6.07) is 10.8. The molecule has 1 saturated carbocycles. The number of nitrogens with zero attached hydrogens (tertiary/aromatic N) is 3. The number of hydrogen-bond donors (Lipinski definition) is 2. The molecule has 8 heteroatoms. The zero-order valence-electron chi connectivity index (χ0n) is 18.9. The van der Waals surface area contributed by atoms with Gasteiger partial charge >= 0.3 is 0 Å². The molecule has 1 aromatic carbocycles. The first-order chi connectivity index (χ1) is 14.6. The maximum absolute atomic E-state index is 12.1. The van der Waals surface area contributed by atoms with Crippen LogP contribution in [0.25, 0.3) is 0 Å². The molecular formula is C23H38IN5O2. The van der Waals surface area contributed by atoms with E-state index in [1.165, 1.54) is 31.2 Å². The molecule has 1 aliphatic heterocycles. The fourth-order valence-electron chi connectivity index (χ4n) is 4.28.